The second-order valence-corrected chi connectivity index (χ2v) is 4.28. The van der Waals surface area contributed by atoms with Gasteiger partial charge < -0.3 is 10.6 Å². The molecule has 0 saturated carbocycles. The zero-order valence-electron chi connectivity index (χ0n) is 7.91. The van der Waals surface area contributed by atoms with Crippen LogP contribution >= 0.6 is 0 Å². The fourth-order valence-corrected chi connectivity index (χ4v) is 1.43. The van der Waals surface area contributed by atoms with Crippen molar-refractivity contribution >= 4 is 0 Å². The minimum atomic E-state index is 0.421. The van der Waals surface area contributed by atoms with Crippen LogP contribution in [0.5, 0.6) is 0 Å². The first-order chi connectivity index (χ1) is 5.14. The quantitative estimate of drug-likeness (QED) is 0.591. The number of hydrogen-bond donors (Lipinski definition) is 2. The molecule has 1 atom stereocenters. The third kappa shape index (κ3) is 2.80. The second-order valence-electron chi connectivity index (χ2n) is 4.28. The largest absolute Gasteiger partial charge is 0.315 e. The fourth-order valence-electron chi connectivity index (χ4n) is 1.43. The van der Waals surface area contributed by atoms with Gasteiger partial charge in [-0.25, -0.2) is 0 Å². The van der Waals surface area contributed by atoms with Crippen molar-refractivity contribution in [2.24, 2.45) is 5.41 Å². The molecule has 0 aliphatic carbocycles. The van der Waals surface area contributed by atoms with Gasteiger partial charge in [0, 0.05) is 25.7 Å². The van der Waals surface area contributed by atoms with Crippen LogP contribution in [0, 0.1) is 5.41 Å². The fraction of sp³-hybridized carbons (Fsp3) is 1.00. The number of nitrogens with one attached hydrogen (secondary N) is 2. The van der Waals surface area contributed by atoms with Crippen LogP contribution in [0.25, 0.3) is 0 Å². The van der Waals surface area contributed by atoms with E-state index in [4.69, 9.17) is 0 Å². The molecule has 0 radical (unpaired) electrons. The summed E-state index contributed by atoms with van der Waals surface area (Å²) in [5.41, 5.74) is 0.421. The molecule has 1 heterocycles. The van der Waals surface area contributed by atoms with E-state index in [1.165, 1.54) is 6.42 Å². The van der Waals surface area contributed by atoms with Crippen LogP contribution in [0.2, 0.25) is 0 Å². The van der Waals surface area contributed by atoms with Gasteiger partial charge in [0.2, 0.25) is 0 Å². The lowest BCUT2D eigenvalue weighted by molar-refractivity contribution is 0.349. The smallest absolute Gasteiger partial charge is 0.0190 e. The molecule has 1 aliphatic heterocycles. The molecule has 1 rings (SSSR count). The maximum absolute atomic E-state index is 3.56. The Bertz CT molecular complexity index is 121. The molecule has 0 aromatic rings. The Balaban J connectivity index is 2.39. The number of hydrogen-bond acceptors (Lipinski definition) is 2. The van der Waals surface area contributed by atoms with E-state index < -0.39 is 0 Å². The van der Waals surface area contributed by atoms with Crippen molar-refractivity contribution < 1.29 is 0 Å². The Kier molecular flexibility index (Phi) is 2.90. The molecule has 2 nitrogen and oxygen atoms in total. The Morgan fingerprint density at radius 2 is 2.09 bits per heavy atom. The van der Waals surface area contributed by atoms with Gasteiger partial charge in [-0.2, -0.15) is 0 Å². The molecular formula is C9H20N2. The predicted octanol–water partition coefficient (Wildman–Crippen LogP) is 0.984. The summed E-state index contributed by atoms with van der Waals surface area (Å²) in [6.45, 7) is 10.2. The highest BCUT2D eigenvalue weighted by molar-refractivity contribution is 4.82. The Hall–Kier alpha value is -0.0800. The Morgan fingerprint density at radius 1 is 1.36 bits per heavy atom. The molecule has 0 spiro atoms. The molecule has 0 bridgehead atoms. The molecule has 1 aliphatic rings. The monoisotopic (exact) mass is 156 g/mol. The van der Waals surface area contributed by atoms with Crippen LogP contribution in [0.4, 0.5) is 0 Å². The molecule has 0 aromatic carbocycles. The summed E-state index contributed by atoms with van der Waals surface area (Å²) in [4.78, 5) is 0. The summed E-state index contributed by atoms with van der Waals surface area (Å²) < 4.78 is 0. The summed E-state index contributed by atoms with van der Waals surface area (Å²) in [6.07, 6.45) is 1.23. The van der Waals surface area contributed by atoms with Gasteiger partial charge in [-0.15, -0.1) is 0 Å². The molecule has 2 heteroatoms. The van der Waals surface area contributed by atoms with Gasteiger partial charge in [0.25, 0.3) is 0 Å². The van der Waals surface area contributed by atoms with Crippen molar-refractivity contribution in [2.45, 2.75) is 33.2 Å². The van der Waals surface area contributed by atoms with Crippen molar-refractivity contribution in [2.75, 3.05) is 19.6 Å². The van der Waals surface area contributed by atoms with Gasteiger partial charge in [-0.1, -0.05) is 20.8 Å². The van der Waals surface area contributed by atoms with Gasteiger partial charge in [-0.3, -0.25) is 0 Å². The third-order valence-electron chi connectivity index (χ3n) is 2.36. The standard InChI is InChI=1S/C9H20N2/c1-4-8-5-10-6-9(2,3)7-11-8/h8,10-11H,4-7H2,1-3H3. The van der Waals surface area contributed by atoms with E-state index in [2.05, 4.69) is 31.4 Å². The van der Waals surface area contributed by atoms with E-state index in [1.54, 1.807) is 0 Å². The number of rotatable bonds is 1. The first-order valence-electron chi connectivity index (χ1n) is 4.58. The van der Waals surface area contributed by atoms with Gasteiger partial charge >= 0.3 is 0 Å². The van der Waals surface area contributed by atoms with Crippen molar-refractivity contribution in [3.63, 3.8) is 0 Å². The molecule has 1 unspecified atom stereocenters. The second kappa shape index (κ2) is 3.55. The molecule has 66 valence electrons. The van der Waals surface area contributed by atoms with Gasteiger partial charge in [-0.05, 0) is 11.8 Å². The zero-order valence-corrected chi connectivity index (χ0v) is 7.91. The summed E-state index contributed by atoms with van der Waals surface area (Å²) in [6, 6.07) is 0.678. The van der Waals surface area contributed by atoms with Crippen molar-refractivity contribution in [1.82, 2.24) is 10.6 Å². The van der Waals surface area contributed by atoms with Gasteiger partial charge in [0.15, 0.2) is 0 Å². The van der Waals surface area contributed by atoms with E-state index >= 15 is 0 Å². The van der Waals surface area contributed by atoms with Crippen LogP contribution in [-0.4, -0.2) is 25.7 Å². The SMILES string of the molecule is CCC1CNCC(C)(C)CN1. The summed E-state index contributed by atoms with van der Waals surface area (Å²) >= 11 is 0. The normalized spacial score (nSPS) is 31.4. The van der Waals surface area contributed by atoms with E-state index in [0.29, 0.717) is 11.5 Å². The van der Waals surface area contributed by atoms with E-state index in [0.717, 1.165) is 19.6 Å². The Labute approximate surface area is 69.8 Å². The Morgan fingerprint density at radius 3 is 2.73 bits per heavy atom. The lowest BCUT2D eigenvalue weighted by Crippen LogP contribution is -2.35. The highest BCUT2D eigenvalue weighted by Gasteiger charge is 2.22. The lowest BCUT2D eigenvalue weighted by atomic mass is 9.94. The third-order valence-corrected chi connectivity index (χ3v) is 2.36. The van der Waals surface area contributed by atoms with E-state index in [9.17, 15) is 0 Å². The van der Waals surface area contributed by atoms with Gasteiger partial charge in [0.05, 0.1) is 0 Å². The van der Waals surface area contributed by atoms with Crippen molar-refractivity contribution in [3.8, 4) is 0 Å². The van der Waals surface area contributed by atoms with Crippen LogP contribution in [-0.2, 0) is 0 Å². The highest BCUT2D eigenvalue weighted by Crippen LogP contribution is 2.14. The maximum atomic E-state index is 3.56. The molecule has 1 saturated heterocycles. The molecule has 0 amide bonds. The molecule has 0 aromatic heterocycles. The molecule has 11 heavy (non-hydrogen) atoms. The van der Waals surface area contributed by atoms with Crippen LogP contribution in [0.15, 0.2) is 0 Å². The topological polar surface area (TPSA) is 24.1 Å². The average Bonchev–Trinajstić information content (AvgIpc) is 2.10. The maximum Gasteiger partial charge on any atom is 0.0190 e. The summed E-state index contributed by atoms with van der Waals surface area (Å²) in [5.74, 6) is 0. The van der Waals surface area contributed by atoms with Crippen LogP contribution in [0.3, 0.4) is 0 Å². The van der Waals surface area contributed by atoms with Crippen molar-refractivity contribution in [3.05, 3.63) is 0 Å². The molecule has 1 fully saturated rings. The first-order valence-corrected chi connectivity index (χ1v) is 4.58. The minimum Gasteiger partial charge on any atom is -0.315 e. The zero-order chi connectivity index (χ0) is 8.32. The van der Waals surface area contributed by atoms with Gasteiger partial charge in [0.1, 0.15) is 0 Å². The summed E-state index contributed by atoms with van der Waals surface area (Å²) in [5, 5.41) is 7.04. The lowest BCUT2D eigenvalue weighted by Gasteiger charge is -2.22. The van der Waals surface area contributed by atoms with Crippen LogP contribution in [0.1, 0.15) is 27.2 Å². The molecular weight excluding hydrogens is 136 g/mol. The van der Waals surface area contributed by atoms with E-state index in [1.807, 2.05) is 0 Å². The van der Waals surface area contributed by atoms with Crippen LogP contribution < -0.4 is 10.6 Å². The van der Waals surface area contributed by atoms with E-state index in [-0.39, 0.29) is 0 Å². The highest BCUT2D eigenvalue weighted by atomic mass is 15.0. The van der Waals surface area contributed by atoms with Crippen molar-refractivity contribution in [1.29, 1.82) is 0 Å². The predicted molar refractivity (Wildman–Crippen MR) is 48.7 cm³/mol. The summed E-state index contributed by atoms with van der Waals surface area (Å²) in [7, 11) is 0. The molecule has 2 N–H and O–H groups in total. The first kappa shape index (κ1) is 9.01. The average molecular weight is 156 g/mol. The minimum absolute atomic E-state index is 0.421.